The lowest BCUT2D eigenvalue weighted by atomic mass is 10.1. The van der Waals surface area contributed by atoms with Gasteiger partial charge in [-0.1, -0.05) is 0 Å². The Balaban J connectivity index is 1.84. The topological polar surface area (TPSA) is 33.2 Å². The third-order valence-corrected chi connectivity index (χ3v) is 3.31. The molecule has 0 aliphatic heterocycles. The third-order valence-electron chi connectivity index (χ3n) is 3.31. The van der Waals surface area contributed by atoms with E-state index >= 15 is 0 Å². The Morgan fingerprint density at radius 1 is 1.44 bits per heavy atom. The molecule has 0 spiro atoms. The summed E-state index contributed by atoms with van der Waals surface area (Å²) in [5.41, 5.74) is 1.28. The molecule has 0 saturated heterocycles. The molecule has 0 N–H and O–H groups in total. The Morgan fingerprint density at radius 3 is 2.81 bits per heavy atom. The van der Waals surface area contributed by atoms with Crippen LogP contribution in [0.2, 0.25) is 0 Å². The quantitative estimate of drug-likeness (QED) is 0.771. The number of likely N-dealkylation sites (N-methyl/N-ethyl adjacent to an activating group) is 1. The predicted molar refractivity (Wildman–Crippen MR) is 63.2 cm³/mol. The van der Waals surface area contributed by atoms with Gasteiger partial charge in [0.15, 0.2) is 0 Å². The van der Waals surface area contributed by atoms with Gasteiger partial charge in [-0.25, -0.2) is 0 Å². The first-order chi connectivity index (χ1) is 7.77. The fraction of sp³-hybridized carbons (Fsp3) is 0.538. The molecule has 3 nitrogen and oxygen atoms in total. The molecule has 1 aromatic rings. The molecular formula is C13H18N2O. The van der Waals surface area contributed by atoms with Gasteiger partial charge in [-0.15, -0.1) is 0 Å². The van der Waals surface area contributed by atoms with Gasteiger partial charge in [0.1, 0.15) is 5.78 Å². The lowest BCUT2D eigenvalue weighted by molar-refractivity contribution is -0.121. The summed E-state index contributed by atoms with van der Waals surface area (Å²) in [5.74, 6) is 0.414. The highest BCUT2D eigenvalue weighted by atomic mass is 16.1. The SMILES string of the molecule is CN(CCc1ccncc1)C1CCCC1=O. The second-order valence-corrected chi connectivity index (χ2v) is 4.46. The maximum atomic E-state index is 11.6. The van der Waals surface area contributed by atoms with Gasteiger partial charge < -0.3 is 0 Å². The van der Waals surface area contributed by atoms with E-state index < -0.39 is 0 Å². The summed E-state index contributed by atoms with van der Waals surface area (Å²) in [7, 11) is 2.05. The average Bonchev–Trinajstić information content (AvgIpc) is 2.74. The van der Waals surface area contributed by atoms with E-state index in [0.717, 1.165) is 32.2 Å². The first kappa shape index (κ1) is 11.3. The molecule has 1 aliphatic carbocycles. The number of nitrogens with zero attached hydrogens (tertiary/aromatic N) is 2. The third kappa shape index (κ3) is 2.67. The minimum absolute atomic E-state index is 0.168. The normalized spacial score (nSPS) is 20.6. The summed E-state index contributed by atoms with van der Waals surface area (Å²) in [5, 5.41) is 0. The van der Waals surface area contributed by atoms with Gasteiger partial charge in [0.25, 0.3) is 0 Å². The highest BCUT2D eigenvalue weighted by Crippen LogP contribution is 2.19. The molecule has 1 atom stereocenters. The van der Waals surface area contributed by atoms with E-state index in [0.29, 0.717) is 5.78 Å². The largest absolute Gasteiger partial charge is 0.298 e. The first-order valence-electron chi connectivity index (χ1n) is 5.89. The van der Waals surface area contributed by atoms with Crippen molar-refractivity contribution in [3.63, 3.8) is 0 Å². The molecule has 86 valence electrons. The number of aromatic nitrogens is 1. The Bertz CT molecular complexity index is 350. The number of hydrogen-bond acceptors (Lipinski definition) is 3. The van der Waals surface area contributed by atoms with Crippen LogP contribution < -0.4 is 0 Å². The number of carbonyl (C=O) groups excluding carboxylic acids is 1. The van der Waals surface area contributed by atoms with Gasteiger partial charge >= 0.3 is 0 Å². The molecule has 1 aromatic heterocycles. The Kier molecular flexibility index (Phi) is 3.67. The fourth-order valence-corrected chi connectivity index (χ4v) is 2.27. The predicted octanol–water partition coefficient (Wildman–Crippen LogP) is 1.68. The minimum Gasteiger partial charge on any atom is -0.298 e. The van der Waals surface area contributed by atoms with Crippen molar-refractivity contribution in [2.45, 2.75) is 31.7 Å². The molecule has 0 aromatic carbocycles. The van der Waals surface area contributed by atoms with Crippen LogP contribution in [0.1, 0.15) is 24.8 Å². The van der Waals surface area contributed by atoms with Crippen LogP contribution >= 0.6 is 0 Å². The van der Waals surface area contributed by atoms with E-state index in [1.54, 1.807) is 0 Å². The summed E-state index contributed by atoms with van der Waals surface area (Å²) in [6.45, 7) is 0.945. The molecule has 16 heavy (non-hydrogen) atoms. The number of carbonyl (C=O) groups is 1. The monoisotopic (exact) mass is 218 g/mol. The van der Waals surface area contributed by atoms with E-state index in [4.69, 9.17) is 0 Å². The van der Waals surface area contributed by atoms with Crippen LogP contribution in [0.4, 0.5) is 0 Å². The standard InChI is InChI=1S/C13H18N2O/c1-15(12-3-2-4-13(12)16)10-7-11-5-8-14-9-6-11/h5-6,8-9,12H,2-4,7,10H2,1H3. The van der Waals surface area contributed by atoms with E-state index in [1.165, 1.54) is 5.56 Å². The van der Waals surface area contributed by atoms with Gasteiger partial charge in [0.05, 0.1) is 6.04 Å². The summed E-state index contributed by atoms with van der Waals surface area (Å²) >= 11 is 0. The van der Waals surface area contributed by atoms with Gasteiger partial charge in [-0.2, -0.15) is 0 Å². The fourth-order valence-electron chi connectivity index (χ4n) is 2.27. The number of Topliss-reactive ketones (excluding diaryl/α,β-unsaturated/α-hetero) is 1. The van der Waals surface area contributed by atoms with Crippen molar-refractivity contribution in [2.75, 3.05) is 13.6 Å². The second-order valence-electron chi connectivity index (χ2n) is 4.46. The van der Waals surface area contributed by atoms with Crippen LogP contribution in [0, 0.1) is 0 Å². The molecule has 1 saturated carbocycles. The van der Waals surface area contributed by atoms with Gasteiger partial charge in [-0.3, -0.25) is 14.7 Å². The molecule has 0 amide bonds. The summed E-state index contributed by atoms with van der Waals surface area (Å²) in [6, 6.07) is 4.23. The van der Waals surface area contributed by atoms with Crippen molar-refractivity contribution in [1.29, 1.82) is 0 Å². The summed E-state index contributed by atoms with van der Waals surface area (Å²) in [4.78, 5) is 17.8. The second kappa shape index (κ2) is 5.21. The zero-order valence-corrected chi connectivity index (χ0v) is 9.72. The van der Waals surface area contributed by atoms with E-state index in [9.17, 15) is 4.79 Å². The Labute approximate surface area is 96.5 Å². The average molecular weight is 218 g/mol. The maximum Gasteiger partial charge on any atom is 0.149 e. The van der Waals surface area contributed by atoms with Crippen molar-refractivity contribution >= 4 is 5.78 Å². The Hall–Kier alpha value is -1.22. The van der Waals surface area contributed by atoms with Crippen molar-refractivity contribution in [3.8, 4) is 0 Å². The van der Waals surface area contributed by atoms with Crippen LogP contribution in [0.15, 0.2) is 24.5 Å². The number of pyridine rings is 1. The highest BCUT2D eigenvalue weighted by molar-refractivity contribution is 5.85. The first-order valence-corrected chi connectivity index (χ1v) is 5.89. The zero-order valence-electron chi connectivity index (χ0n) is 9.72. The molecule has 1 unspecified atom stereocenters. The molecular weight excluding hydrogens is 200 g/mol. The summed E-state index contributed by atoms with van der Waals surface area (Å²) in [6.07, 6.45) is 7.48. The minimum atomic E-state index is 0.168. The van der Waals surface area contributed by atoms with Crippen LogP contribution in [0.3, 0.4) is 0 Å². The van der Waals surface area contributed by atoms with Crippen LogP contribution in [-0.4, -0.2) is 35.3 Å². The molecule has 1 heterocycles. The van der Waals surface area contributed by atoms with E-state index in [1.807, 2.05) is 24.5 Å². The van der Waals surface area contributed by atoms with Gasteiger partial charge in [0, 0.05) is 25.4 Å². The van der Waals surface area contributed by atoms with Crippen molar-refractivity contribution in [3.05, 3.63) is 30.1 Å². The van der Waals surface area contributed by atoms with Crippen LogP contribution in [-0.2, 0) is 11.2 Å². The number of rotatable bonds is 4. The van der Waals surface area contributed by atoms with Crippen molar-refractivity contribution < 1.29 is 4.79 Å². The number of ketones is 1. The Morgan fingerprint density at radius 2 is 2.19 bits per heavy atom. The van der Waals surface area contributed by atoms with Crippen molar-refractivity contribution in [2.24, 2.45) is 0 Å². The lowest BCUT2D eigenvalue weighted by Crippen LogP contribution is -2.36. The van der Waals surface area contributed by atoms with Gasteiger partial charge in [-0.05, 0) is 44.0 Å². The maximum absolute atomic E-state index is 11.6. The highest BCUT2D eigenvalue weighted by Gasteiger charge is 2.27. The van der Waals surface area contributed by atoms with Crippen LogP contribution in [0.5, 0.6) is 0 Å². The molecule has 0 radical (unpaired) electrons. The molecule has 1 fully saturated rings. The smallest absolute Gasteiger partial charge is 0.149 e. The van der Waals surface area contributed by atoms with E-state index in [-0.39, 0.29) is 6.04 Å². The van der Waals surface area contributed by atoms with Gasteiger partial charge in [0.2, 0.25) is 0 Å². The molecule has 0 bridgehead atoms. The van der Waals surface area contributed by atoms with Crippen molar-refractivity contribution in [1.82, 2.24) is 9.88 Å². The molecule has 1 aliphatic rings. The summed E-state index contributed by atoms with van der Waals surface area (Å²) < 4.78 is 0. The lowest BCUT2D eigenvalue weighted by Gasteiger charge is -2.22. The van der Waals surface area contributed by atoms with Crippen LogP contribution in [0.25, 0.3) is 0 Å². The zero-order chi connectivity index (χ0) is 11.4. The molecule has 2 rings (SSSR count). The number of hydrogen-bond donors (Lipinski definition) is 0. The van der Waals surface area contributed by atoms with E-state index in [2.05, 4.69) is 16.9 Å². The molecule has 3 heteroatoms.